The number of nitrogens with one attached hydrogen (secondary N) is 1. The first kappa shape index (κ1) is 16.1. The van der Waals surface area contributed by atoms with E-state index in [2.05, 4.69) is 49.2 Å². The Morgan fingerprint density at radius 2 is 1.91 bits per heavy atom. The predicted octanol–water partition coefficient (Wildman–Crippen LogP) is 5.39. The van der Waals surface area contributed by atoms with Crippen LogP contribution in [0.2, 0.25) is 5.02 Å². The molecule has 0 aliphatic carbocycles. The normalized spacial score (nSPS) is 11.3. The van der Waals surface area contributed by atoms with Crippen LogP contribution in [0.1, 0.15) is 29.5 Å². The number of aromatic nitrogens is 1. The van der Waals surface area contributed by atoms with Crippen LogP contribution in [0.25, 0.3) is 22.2 Å². The first-order valence-electron chi connectivity index (χ1n) is 8.18. The summed E-state index contributed by atoms with van der Waals surface area (Å²) in [5.41, 5.74) is 13.1. The summed E-state index contributed by atoms with van der Waals surface area (Å²) < 4.78 is 0. The van der Waals surface area contributed by atoms with Crippen LogP contribution < -0.4 is 5.73 Å². The van der Waals surface area contributed by atoms with Crippen LogP contribution in [0.3, 0.4) is 0 Å². The molecule has 0 saturated heterocycles. The van der Waals surface area contributed by atoms with Crippen LogP contribution in [-0.4, -0.2) is 11.5 Å². The number of benzene rings is 2. The highest BCUT2D eigenvalue weighted by Crippen LogP contribution is 2.35. The Labute approximate surface area is 142 Å². The Kier molecular flexibility index (Phi) is 4.74. The zero-order valence-electron chi connectivity index (χ0n) is 13.7. The highest BCUT2D eigenvalue weighted by Gasteiger charge is 2.15. The molecule has 2 aromatic carbocycles. The largest absolute Gasteiger partial charge is 0.354 e. The Morgan fingerprint density at radius 3 is 2.65 bits per heavy atom. The topological polar surface area (TPSA) is 41.8 Å². The van der Waals surface area contributed by atoms with Crippen molar-refractivity contribution in [1.29, 1.82) is 0 Å². The lowest BCUT2D eigenvalue weighted by molar-refractivity contribution is 0.748. The van der Waals surface area contributed by atoms with Crippen molar-refractivity contribution in [2.75, 3.05) is 6.54 Å². The van der Waals surface area contributed by atoms with E-state index in [9.17, 15) is 0 Å². The summed E-state index contributed by atoms with van der Waals surface area (Å²) in [7, 11) is 0. The first-order chi connectivity index (χ1) is 11.1. The monoisotopic (exact) mass is 326 g/mol. The summed E-state index contributed by atoms with van der Waals surface area (Å²) in [5, 5.41) is 2.04. The molecule has 0 saturated carbocycles. The molecule has 0 aliphatic heterocycles. The van der Waals surface area contributed by atoms with Gasteiger partial charge in [0.2, 0.25) is 0 Å². The van der Waals surface area contributed by atoms with Crippen molar-refractivity contribution in [2.45, 2.75) is 33.1 Å². The first-order valence-corrected chi connectivity index (χ1v) is 8.55. The van der Waals surface area contributed by atoms with Crippen LogP contribution in [-0.2, 0) is 6.42 Å². The number of halogens is 1. The average Bonchev–Trinajstić information content (AvgIpc) is 2.87. The summed E-state index contributed by atoms with van der Waals surface area (Å²) >= 11 is 6.30. The fourth-order valence-electron chi connectivity index (χ4n) is 3.23. The zero-order valence-corrected chi connectivity index (χ0v) is 14.5. The lowest BCUT2D eigenvalue weighted by atomic mass is 9.99. The maximum absolute atomic E-state index is 6.30. The molecule has 1 heterocycles. The lowest BCUT2D eigenvalue weighted by Crippen LogP contribution is -1.99. The van der Waals surface area contributed by atoms with E-state index < -0.39 is 0 Å². The number of H-pyrrole nitrogens is 1. The predicted molar refractivity (Wildman–Crippen MR) is 100 cm³/mol. The van der Waals surface area contributed by atoms with E-state index in [0.29, 0.717) is 0 Å². The molecule has 2 nitrogen and oxygen atoms in total. The Bertz CT molecular complexity index is 833. The molecular weight excluding hydrogens is 304 g/mol. The number of nitrogens with two attached hydrogens (primary N) is 1. The third kappa shape index (κ3) is 3.29. The van der Waals surface area contributed by atoms with Gasteiger partial charge in [-0.25, -0.2) is 0 Å². The summed E-state index contributed by atoms with van der Waals surface area (Å²) in [6, 6.07) is 12.7. The number of aromatic amines is 1. The molecule has 3 heteroatoms. The summed E-state index contributed by atoms with van der Waals surface area (Å²) in [5.74, 6) is 0. The number of hydrogen-bond donors (Lipinski definition) is 2. The fourth-order valence-corrected chi connectivity index (χ4v) is 3.51. The van der Waals surface area contributed by atoms with Gasteiger partial charge in [-0.1, -0.05) is 35.4 Å². The molecule has 0 bridgehead atoms. The van der Waals surface area contributed by atoms with Gasteiger partial charge in [0.05, 0.1) is 0 Å². The van der Waals surface area contributed by atoms with Gasteiger partial charge >= 0.3 is 0 Å². The minimum Gasteiger partial charge on any atom is -0.354 e. The van der Waals surface area contributed by atoms with Crippen LogP contribution in [0.15, 0.2) is 36.4 Å². The summed E-state index contributed by atoms with van der Waals surface area (Å²) in [6.45, 7) is 4.97. The molecular formula is C20H23ClN2. The second-order valence-electron chi connectivity index (χ2n) is 6.24. The second-order valence-corrected chi connectivity index (χ2v) is 6.68. The third-order valence-corrected chi connectivity index (χ3v) is 4.58. The molecule has 0 fully saturated rings. The van der Waals surface area contributed by atoms with E-state index in [-0.39, 0.29) is 0 Å². The molecule has 0 aliphatic rings. The third-order valence-electron chi connectivity index (χ3n) is 4.36. The molecule has 0 radical (unpaired) electrons. The molecule has 3 aromatic rings. The Morgan fingerprint density at radius 1 is 1.09 bits per heavy atom. The lowest BCUT2D eigenvalue weighted by Gasteiger charge is -2.06. The molecule has 3 N–H and O–H groups in total. The van der Waals surface area contributed by atoms with E-state index in [0.717, 1.165) is 30.8 Å². The Hall–Kier alpha value is -1.77. The molecule has 0 atom stereocenters. The number of aryl methyl sites for hydroxylation is 3. The van der Waals surface area contributed by atoms with E-state index in [1.165, 1.54) is 38.9 Å². The Balaban J connectivity index is 2.19. The van der Waals surface area contributed by atoms with Gasteiger partial charge in [-0.15, -0.1) is 0 Å². The van der Waals surface area contributed by atoms with Crippen molar-refractivity contribution in [3.63, 3.8) is 0 Å². The number of fused-ring (bicyclic) bond motifs is 1. The number of rotatable bonds is 5. The van der Waals surface area contributed by atoms with Crippen molar-refractivity contribution in [2.24, 2.45) is 5.73 Å². The summed E-state index contributed by atoms with van der Waals surface area (Å²) in [4.78, 5) is 3.64. The van der Waals surface area contributed by atoms with Gasteiger partial charge in [-0.3, -0.25) is 0 Å². The quantitative estimate of drug-likeness (QED) is 0.607. The van der Waals surface area contributed by atoms with Crippen molar-refractivity contribution < 1.29 is 0 Å². The van der Waals surface area contributed by atoms with E-state index in [1.54, 1.807) is 0 Å². The summed E-state index contributed by atoms with van der Waals surface area (Å²) in [6.07, 6.45) is 3.15. The highest BCUT2D eigenvalue weighted by atomic mass is 35.5. The van der Waals surface area contributed by atoms with Crippen LogP contribution in [0.4, 0.5) is 0 Å². The maximum atomic E-state index is 6.30. The number of unbranched alkanes of at least 4 members (excludes halogenated alkanes) is 1. The van der Waals surface area contributed by atoms with Gasteiger partial charge in [0.25, 0.3) is 0 Å². The van der Waals surface area contributed by atoms with Gasteiger partial charge in [0, 0.05) is 21.6 Å². The second kappa shape index (κ2) is 6.77. The van der Waals surface area contributed by atoms with Crippen molar-refractivity contribution in [3.05, 3.63) is 58.1 Å². The zero-order chi connectivity index (χ0) is 16.4. The molecule has 1 aromatic heterocycles. The maximum Gasteiger partial charge on any atom is 0.0497 e. The molecule has 120 valence electrons. The van der Waals surface area contributed by atoms with Crippen LogP contribution in [0, 0.1) is 13.8 Å². The van der Waals surface area contributed by atoms with Crippen LogP contribution >= 0.6 is 11.6 Å². The fraction of sp³-hybridized carbons (Fsp3) is 0.300. The minimum atomic E-state index is 0.738. The van der Waals surface area contributed by atoms with E-state index >= 15 is 0 Å². The number of hydrogen-bond acceptors (Lipinski definition) is 1. The van der Waals surface area contributed by atoms with Gasteiger partial charge < -0.3 is 10.7 Å². The van der Waals surface area contributed by atoms with E-state index in [4.69, 9.17) is 17.3 Å². The van der Waals surface area contributed by atoms with E-state index in [1.807, 2.05) is 6.07 Å². The van der Waals surface area contributed by atoms with Crippen molar-refractivity contribution >= 4 is 22.5 Å². The van der Waals surface area contributed by atoms with Gasteiger partial charge in [-0.05, 0) is 74.5 Å². The highest BCUT2D eigenvalue weighted by molar-refractivity contribution is 6.31. The molecule has 0 amide bonds. The van der Waals surface area contributed by atoms with Crippen molar-refractivity contribution in [1.82, 2.24) is 4.98 Å². The molecule has 0 spiro atoms. The molecule has 0 unspecified atom stereocenters. The van der Waals surface area contributed by atoms with Crippen molar-refractivity contribution in [3.8, 4) is 11.3 Å². The smallest absolute Gasteiger partial charge is 0.0497 e. The average molecular weight is 327 g/mol. The van der Waals surface area contributed by atoms with Crippen LogP contribution in [0.5, 0.6) is 0 Å². The minimum absolute atomic E-state index is 0.738. The van der Waals surface area contributed by atoms with Gasteiger partial charge in [0.15, 0.2) is 0 Å². The molecule has 23 heavy (non-hydrogen) atoms. The SMILES string of the molecule is Cc1cccc(-c2[nH]c3c(C)cc(Cl)cc3c2CCCCN)c1. The van der Waals surface area contributed by atoms with Gasteiger partial charge in [-0.2, -0.15) is 0 Å². The van der Waals surface area contributed by atoms with Gasteiger partial charge in [0.1, 0.15) is 0 Å². The standard InChI is InChI=1S/C20H23ClN2/c1-13-6-5-7-15(10-13)20-17(8-3-4-9-22)18-12-16(21)11-14(2)19(18)23-20/h5-7,10-12,23H,3-4,8-9,22H2,1-2H3. The molecule has 3 rings (SSSR count).